The minimum atomic E-state index is -3.83. The number of anilines is 1. The standard InChI is InChI=1S/C18H21NO5S2/c1-11-10-12(8-9-14(11)23-2)26(21,22)19-17-16(18(20)24-3)13-6-4-5-7-15(13)25-17/h8-10,19H,4-7H2,1-3H3. The molecule has 0 amide bonds. The van der Waals surface area contributed by atoms with E-state index in [0.717, 1.165) is 36.1 Å². The molecule has 3 rings (SSSR count). The number of fused-ring (bicyclic) bond motifs is 1. The molecule has 0 radical (unpaired) electrons. The first-order chi connectivity index (χ1) is 12.4. The molecule has 0 bridgehead atoms. The molecule has 0 saturated carbocycles. The number of aryl methyl sites for hydroxylation is 2. The second kappa shape index (κ2) is 7.28. The summed E-state index contributed by atoms with van der Waals surface area (Å²) in [5.74, 6) is 0.110. The van der Waals surface area contributed by atoms with Crippen LogP contribution in [0.1, 0.15) is 39.2 Å². The molecule has 2 aromatic rings. The Labute approximate surface area is 157 Å². The fourth-order valence-electron chi connectivity index (χ4n) is 3.15. The summed E-state index contributed by atoms with van der Waals surface area (Å²) < 4.78 is 38.3. The molecule has 0 spiro atoms. The van der Waals surface area contributed by atoms with Crippen molar-refractivity contribution >= 4 is 32.3 Å². The average Bonchev–Trinajstić information content (AvgIpc) is 2.98. The molecule has 0 saturated heterocycles. The summed E-state index contributed by atoms with van der Waals surface area (Å²) in [5, 5.41) is 0.331. The van der Waals surface area contributed by atoms with Crippen LogP contribution < -0.4 is 9.46 Å². The van der Waals surface area contributed by atoms with Crippen molar-refractivity contribution in [3.8, 4) is 5.75 Å². The molecule has 8 heteroatoms. The van der Waals surface area contributed by atoms with Crippen molar-refractivity contribution in [3.63, 3.8) is 0 Å². The van der Waals surface area contributed by atoms with Gasteiger partial charge in [0.05, 0.1) is 24.7 Å². The fourth-order valence-corrected chi connectivity index (χ4v) is 5.82. The minimum absolute atomic E-state index is 0.123. The molecular formula is C18H21NO5S2. The van der Waals surface area contributed by atoms with E-state index in [9.17, 15) is 13.2 Å². The highest BCUT2D eigenvalue weighted by Crippen LogP contribution is 2.39. The summed E-state index contributed by atoms with van der Waals surface area (Å²) in [6, 6.07) is 4.65. The van der Waals surface area contributed by atoms with Gasteiger partial charge < -0.3 is 9.47 Å². The molecule has 1 heterocycles. The Hall–Kier alpha value is -2.06. The Kier molecular flexibility index (Phi) is 5.24. The van der Waals surface area contributed by atoms with Gasteiger partial charge in [-0.05, 0) is 61.9 Å². The Balaban J connectivity index is 2.01. The van der Waals surface area contributed by atoms with Crippen LogP contribution in [0.4, 0.5) is 5.00 Å². The van der Waals surface area contributed by atoms with Gasteiger partial charge in [-0.15, -0.1) is 11.3 Å². The van der Waals surface area contributed by atoms with Crippen LogP contribution in [-0.4, -0.2) is 28.6 Å². The van der Waals surface area contributed by atoms with E-state index in [2.05, 4.69) is 4.72 Å². The summed E-state index contributed by atoms with van der Waals surface area (Å²) in [4.78, 5) is 13.4. The normalized spacial score (nSPS) is 13.8. The molecule has 0 fully saturated rings. The lowest BCUT2D eigenvalue weighted by atomic mass is 9.95. The smallest absolute Gasteiger partial charge is 0.341 e. The SMILES string of the molecule is COC(=O)c1c(NS(=O)(=O)c2ccc(OC)c(C)c2)sc2c1CCCC2. The van der Waals surface area contributed by atoms with Crippen LogP contribution in [0.3, 0.4) is 0 Å². The fraction of sp³-hybridized carbons (Fsp3) is 0.389. The van der Waals surface area contributed by atoms with E-state index in [1.54, 1.807) is 19.1 Å². The average molecular weight is 396 g/mol. The van der Waals surface area contributed by atoms with Crippen molar-refractivity contribution in [2.75, 3.05) is 18.9 Å². The third-order valence-corrected chi connectivity index (χ3v) is 7.15. The first-order valence-electron chi connectivity index (χ1n) is 8.27. The van der Waals surface area contributed by atoms with Gasteiger partial charge >= 0.3 is 5.97 Å². The lowest BCUT2D eigenvalue weighted by Crippen LogP contribution is -2.16. The molecule has 0 aliphatic heterocycles. The number of sulfonamides is 1. The van der Waals surface area contributed by atoms with E-state index in [1.165, 1.54) is 31.6 Å². The highest BCUT2D eigenvalue weighted by molar-refractivity contribution is 7.93. The summed E-state index contributed by atoms with van der Waals surface area (Å²) >= 11 is 1.32. The first-order valence-corrected chi connectivity index (χ1v) is 10.6. The number of methoxy groups -OCH3 is 2. The maximum absolute atomic E-state index is 12.8. The van der Waals surface area contributed by atoms with Gasteiger partial charge in [0.15, 0.2) is 0 Å². The van der Waals surface area contributed by atoms with Crippen LogP contribution in [0.25, 0.3) is 0 Å². The summed E-state index contributed by atoms with van der Waals surface area (Å²) in [5.41, 5.74) is 1.98. The number of nitrogens with one attached hydrogen (secondary N) is 1. The monoisotopic (exact) mass is 395 g/mol. The van der Waals surface area contributed by atoms with E-state index in [0.29, 0.717) is 21.9 Å². The molecule has 1 aromatic heterocycles. The van der Waals surface area contributed by atoms with Crippen LogP contribution in [0.2, 0.25) is 0 Å². The van der Waals surface area contributed by atoms with Crippen molar-refractivity contribution in [1.82, 2.24) is 0 Å². The van der Waals surface area contributed by atoms with Crippen LogP contribution in [-0.2, 0) is 27.6 Å². The lowest BCUT2D eigenvalue weighted by molar-refractivity contribution is 0.0601. The Morgan fingerprint density at radius 3 is 2.58 bits per heavy atom. The molecule has 1 aliphatic carbocycles. The predicted octanol–water partition coefficient (Wildman–Crippen LogP) is 3.53. The highest BCUT2D eigenvalue weighted by atomic mass is 32.2. The maximum Gasteiger partial charge on any atom is 0.341 e. The molecule has 1 aromatic carbocycles. The molecule has 6 nitrogen and oxygen atoms in total. The molecular weight excluding hydrogens is 374 g/mol. The van der Waals surface area contributed by atoms with Crippen molar-refractivity contribution in [3.05, 3.63) is 39.8 Å². The van der Waals surface area contributed by atoms with E-state index in [4.69, 9.17) is 9.47 Å². The summed E-state index contributed by atoms with van der Waals surface area (Å²) in [6.45, 7) is 1.78. The van der Waals surface area contributed by atoms with Gasteiger partial charge in [-0.3, -0.25) is 4.72 Å². The van der Waals surface area contributed by atoms with E-state index in [-0.39, 0.29) is 4.90 Å². The lowest BCUT2D eigenvalue weighted by Gasteiger charge is -2.12. The molecule has 0 unspecified atom stereocenters. The van der Waals surface area contributed by atoms with Crippen LogP contribution in [0.15, 0.2) is 23.1 Å². The minimum Gasteiger partial charge on any atom is -0.496 e. The number of esters is 1. The second-order valence-corrected chi connectivity index (χ2v) is 8.93. The quantitative estimate of drug-likeness (QED) is 0.783. The number of carbonyl (C=O) groups excluding carboxylic acids is 1. The molecule has 0 atom stereocenters. The van der Waals surface area contributed by atoms with Crippen molar-refractivity contribution in [1.29, 1.82) is 0 Å². The zero-order valence-corrected chi connectivity index (χ0v) is 16.6. The predicted molar refractivity (Wildman–Crippen MR) is 101 cm³/mol. The molecule has 140 valence electrons. The number of hydrogen-bond donors (Lipinski definition) is 1. The number of benzene rings is 1. The van der Waals surface area contributed by atoms with Crippen molar-refractivity contribution in [2.24, 2.45) is 0 Å². The van der Waals surface area contributed by atoms with E-state index in [1.807, 2.05) is 0 Å². The zero-order chi connectivity index (χ0) is 18.9. The number of carbonyl (C=O) groups is 1. The first kappa shape index (κ1) is 18.7. The molecule has 26 heavy (non-hydrogen) atoms. The van der Waals surface area contributed by atoms with Crippen LogP contribution in [0, 0.1) is 6.92 Å². The van der Waals surface area contributed by atoms with Gasteiger partial charge in [0.2, 0.25) is 0 Å². The Morgan fingerprint density at radius 2 is 1.92 bits per heavy atom. The van der Waals surface area contributed by atoms with Crippen LogP contribution in [0.5, 0.6) is 5.75 Å². The van der Waals surface area contributed by atoms with Gasteiger partial charge in [0.1, 0.15) is 10.8 Å². The second-order valence-electron chi connectivity index (χ2n) is 6.14. The number of rotatable bonds is 5. The number of ether oxygens (including phenoxy) is 2. The van der Waals surface area contributed by atoms with Crippen LogP contribution >= 0.6 is 11.3 Å². The van der Waals surface area contributed by atoms with E-state index < -0.39 is 16.0 Å². The van der Waals surface area contributed by atoms with Gasteiger partial charge in [-0.25, -0.2) is 13.2 Å². The Morgan fingerprint density at radius 1 is 1.19 bits per heavy atom. The molecule has 1 N–H and O–H groups in total. The van der Waals surface area contributed by atoms with E-state index >= 15 is 0 Å². The van der Waals surface area contributed by atoms with Crippen molar-refractivity contribution in [2.45, 2.75) is 37.5 Å². The maximum atomic E-state index is 12.8. The highest BCUT2D eigenvalue weighted by Gasteiger charge is 2.28. The number of thiophene rings is 1. The topological polar surface area (TPSA) is 81.7 Å². The zero-order valence-electron chi connectivity index (χ0n) is 14.9. The molecule has 1 aliphatic rings. The van der Waals surface area contributed by atoms with Gasteiger partial charge in [0, 0.05) is 4.88 Å². The van der Waals surface area contributed by atoms with Gasteiger partial charge in [-0.1, -0.05) is 0 Å². The van der Waals surface area contributed by atoms with Crippen molar-refractivity contribution < 1.29 is 22.7 Å². The number of hydrogen-bond acceptors (Lipinski definition) is 6. The summed E-state index contributed by atoms with van der Waals surface area (Å²) in [7, 11) is -0.986. The Bertz CT molecular complexity index is 947. The van der Waals surface area contributed by atoms with Gasteiger partial charge in [-0.2, -0.15) is 0 Å². The van der Waals surface area contributed by atoms with Gasteiger partial charge in [0.25, 0.3) is 10.0 Å². The summed E-state index contributed by atoms with van der Waals surface area (Å²) in [6.07, 6.45) is 3.64. The largest absolute Gasteiger partial charge is 0.496 e. The third kappa shape index (κ3) is 3.43. The third-order valence-electron chi connectivity index (χ3n) is 4.46.